The molecule has 1 amide bonds. The van der Waals surface area contributed by atoms with Gasteiger partial charge in [-0.2, -0.15) is 0 Å². The van der Waals surface area contributed by atoms with Crippen LogP contribution in [-0.4, -0.2) is 88.3 Å². The molecule has 0 spiro atoms. The summed E-state index contributed by atoms with van der Waals surface area (Å²) in [6, 6.07) is 3.12. The van der Waals surface area contributed by atoms with Gasteiger partial charge < -0.3 is 28.6 Å². The van der Waals surface area contributed by atoms with E-state index in [0.717, 1.165) is 70.5 Å². The van der Waals surface area contributed by atoms with Gasteiger partial charge in [0.25, 0.3) is 5.91 Å². The van der Waals surface area contributed by atoms with Crippen molar-refractivity contribution in [3.05, 3.63) is 29.0 Å². The normalized spacial score (nSPS) is 26.4. The van der Waals surface area contributed by atoms with E-state index in [1.807, 2.05) is 12.1 Å². The number of hydrogen-bond acceptors (Lipinski definition) is 8. The first-order valence-corrected chi connectivity index (χ1v) is 12.9. The highest BCUT2D eigenvalue weighted by Gasteiger charge is 2.52. The van der Waals surface area contributed by atoms with Gasteiger partial charge in [-0.25, -0.2) is 0 Å². The number of rotatable bonds is 8. The Labute approximate surface area is 212 Å². The summed E-state index contributed by atoms with van der Waals surface area (Å²) < 4.78 is 28.4. The number of Topliss-reactive ketones (excluding diaryl/α,β-unsaturated/α-hetero) is 1. The Kier molecular flexibility index (Phi) is 7.39. The lowest BCUT2D eigenvalue weighted by molar-refractivity contribution is -0.135. The Morgan fingerprint density at radius 2 is 1.64 bits per heavy atom. The van der Waals surface area contributed by atoms with Crippen molar-refractivity contribution < 1.29 is 33.3 Å². The van der Waals surface area contributed by atoms with Crippen molar-refractivity contribution in [2.24, 2.45) is 5.92 Å². The molecule has 36 heavy (non-hydrogen) atoms. The van der Waals surface area contributed by atoms with Crippen molar-refractivity contribution in [1.82, 2.24) is 9.80 Å². The number of carbonyl (C=O) groups excluding carboxylic acids is 2. The van der Waals surface area contributed by atoms with E-state index in [1.165, 1.54) is 0 Å². The predicted octanol–water partition coefficient (Wildman–Crippen LogP) is 2.73. The minimum Gasteiger partial charge on any atom is -0.493 e. The summed E-state index contributed by atoms with van der Waals surface area (Å²) in [5.74, 6) is 1.32. The molecule has 0 N–H and O–H groups in total. The number of ether oxygens (including phenoxy) is 5. The second-order valence-electron chi connectivity index (χ2n) is 9.82. The smallest absolute Gasteiger partial charge is 0.290 e. The maximum absolute atomic E-state index is 13.8. The van der Waals surface area contributed by atoms with E-state index in [4.69, 9.17) is 23.7 Å². The highest BCUT2D eigenvalue weighted by Crippen LogP contribution is 2.49. The summed E-state index contributed by atoms with van der Waals surface area (Å²) in [7, 11) is 4.68. The topological polar surface area (TPSA) is 86.8 Å². The van der Waals surface area contributed by atoms with Crippen LogP contribution in [0.3, 0.4) is 0 Å². The standard InChI is InChI=1S/C27H36N2O7/c1-32-20-15-17(16-21(33-2)25(20)34-3)23-22-24(30)18-7-4-5-8-19(18)36-26(22)27(31)29(23)10-6-9-28-11-13-35-14-12-28/h15-16,18-19,23H,4-14H2,1-3H3. The van der Waals surface area contributed by atoms with E-state index < -0.39 is 6.04 Å². The first kappa shape index (κ1) is 24.9. The third-order valence-corrected chi connectivity index (χ3v) is 7.84. The molecule has 1 saturated carbocycles. The minimum atomic E-state index is -0.554. The SMILES string of the molecule is COc1cc(C2C3=C(OC4CCCCC4C3=O)C(=O)N2CCCN2CCOCC2)cc(OC)c1OC. The second kappa shape index (κ2) is 10.7. The summed E-state index contributed by atoms with van der Waals surface area (Å²) in [6.45, 7) is 4.62. The molecule has 1 aromatic rings. The molecule has 196 valence electrons. The average molecular weight is 501 g/mol. The highest BCUT2D eigenvalue weighted by atomic mass is 16.5. The van der Waals surface area contributed by atoms with Gasteiger partial charge in [-0.05, 0) is 43.4 Å². The van der Waals surface area contributed by atoms with Crippen LogP contribution in [0, 0.1) is 5.92 Å². The van der Waals surface area contributed by atoms with Gasteiger partial charge in [0.2, 0.25) is 5.75 Å². The fourth-order valence-corrected chi connectivity index (χ4v) is 6.02. The molecule has 3 heterocycles. The van der Waals surface area contributed by atoms with Crippen LogP contribution >= 0.6 is 0 Å². The Morgan fingerprint density at radius 3 is 2.31 bits per heavy atom. The maximum Gasteiger partial charge on any atom is 0.290 e. The molecule has 1 aromatic carbocycles. The number of carbonyl (C=O) groups is 2. The number of amides is 1. The van der Waals surface area contributed by atoms with Gasteiger partial charge in [0.05, 0.1) is 52.1 Å². The molecule has 0 aromatic heterocycles. The van der Waals surface area contributed by atoms with E-state index >= 15 is 0 Å². The van der Waals surface area contributed by atoms with Crippen molar-refractivity contribution in [3.63, 3.8) is 0 Å². The predicted molar refractivity (Wildman–Crippen MR) is 131 cm³/mol. The van der Waals surface area contributed by atoms with E-state index in [-0.39, 0.29) is 29.5 Å². The number of methoxy groups -OCH3 is 3. The summed E-state index contributed by atoms with van der Waals surface area (Å²) in [4.78, 5) is 31.7. The third kappa shape index (κ3) is 4.43. The Bertz CT molecular complexity index is 1010. The summed E-state index contributed by atoms with van der Waals surface area (Å²) in [6.07, 6.45) is 4.21. The maximum atomic E-state index is 13.8. The molecule has 3 aliphatic heterocycles. The summed E-state index contributed by atoms with van der Waals surface area (Å²) in [5, 5.41) is 0. The lowest BCUT2D eigenvalue weighted by Gasteiger charge is -2.35. The van der Waals surface area contributed by atoms with Crippen molar-refractivity contribution in [3.8, 4) is 17.2 Å². The van der Waals surface area contributed by atoms with Gasteiger partial charge in [0, 0.05) is 26.2 Å². The van der Waals surface area contributed by atoms with Crippen LogP contribution in [-0.2, 0) is 19.1 Å². The molecule has 9 nitrogen and oxygen atoms in total. The van der Waals surface area contributed by atoms with Crippen LogP contribution in [0.5, 0.6) is 17.2 Å². The molecule has 4 aliphatic rings. The quantitative estimate of drug-likeness (QED) is 0.539. The summed E-state index contributed by atoms with van der Waals surface area (Å²) >= 11 is 0. The lowest BCUT2D eigenvalue weighted by Crippen LogP contribution is -2.39. The van der Waals surface area contributed by atoms with E-state index in [0.29, 0.717) is 29.4 Å². The lowest BCUT2D eigenvalue weighted by atomic mass is 9.77. The van der Waals surface area contributed by atoms with Gasteiger partial charge >= 0.3 is 0 Å². The minimum absolute atomic E-state index is 0.0451. The number of fused-ring (bicyclic) bond motifs is 1. The summed E-state index contributed by atoms with van der Waals surface area (Å²) in [5.41, 5.74) is 1.23. The molecule has 5 rings (SSSR count). The molecule has 1 aliphatic carbocycles. The van der Waals surface area contributed by atoms with Crippen molar-refractivity contribution in [1.29, 1.82) is 0 Å². The molecule has 0 radical (unpaired) electrons. The molecule has 3 unspecified atom stereocenters. The number of benzene rings is 1. The molecule has 3 atom stereocenters. The number of hydrogen-bond donors (Lipinski definition) is 0. The van der Waals surface area contributed by atoms with Gasteiger partial charge in [0.1, 0.15) is 6.10 Å². The number of nitrogens with zero attached hydrogens (tertiary/aromatic N) is 2. The average Bonchev–Trinajstić information content (AvgIpc) is 3.20. The van der Waals surface area contributed by atoms with Crippen LogP contribution < -0.4 is 14.2 Å². The van der Waals surface area contributed by atoms with Crippen molar-refractivity contribution >= 4 is 11.7 Å². The monoisotopic (exact) mass is 500 g/mol. The Morgan fingerprint density at radius 1 is 0.944 bits per heavy atom. The molecule has 1 saturated heterocycles. The van der Waals surface area contributed by atoms with Crippen LogP contribution in [0.25, 0.3) is 0 Å². The molecular formula is C27H36N2O7. The van der Waals surface area contributed by atoms with Gasteiger partial charge in [-0.1, -0.05) is 6.42 Å². The largest absolute Gasteiger partial charge is 0.493 e. The first-order chi connectivity index (χ1) is 17.6. The van der Waals surface area contributed by atoms with E-state index in [1.54, 1.807) is 26.2 Å². The number of morpholine rings is 1. The molecule has 2 fully saturated rings. The van der Waals surface area contributed by atoms with E-state index in [9.17, 15) is 9.59 Å². The van der Waals surface area contributed by atoms with Crippen LogP contribution in [0.2, 0.25) is 0 Å². The molecule has 0 bridgehead atoms. The highest BCUT2D eigenvalue weighted by molar-refractivity contribution is 6.11. The van der Waals surface area contributed by atoms with Gasteiger partial charge in [-0.3, -0.25) is 14.5 Å². The van der Waals surface area contributed by atoms with Crippen molar-refractivity contribution in [2.45, 2.75) is 44.2 Å². The van der Waals surface area contributed by atoms with Crippen LogP contribution in [0.15, 0.2) is 23.5 Å². The fourth-order valence-electron chi connectivity index (χ4n) is 6.02. The molecule has 9 heteroatoms. The zero-order valence-corrected chi connectivity index (χ0v) is 21.4. The first-order valence-electron chi connectivity index (χ1n) is 12.9. The van der Waals surface area contributed by atoms with Gasteiger partial charge in [-0.15, -0.1) is 0 Å². The van der Waals surface area contributed by atoms with Crippen molar-refractivity contribution in [2.75, 3.05) is 60.7 Å². The number of ketones is 1. The Balaban J connectivity index is 1.50. The Hall–Kier alpha value is -2.78. The van der Waals surface area contributed by atoms with Gasteiger partial charge in [0.15, 0.2) is 23.0 Å². The van der Waals surface area contributed by atoms with Crippen LogP contribution in [0.1, 0.15) is 43.7 Å². The zero-order chi connectivity index (χ0) is 25.2. The molecular weight excluding hydrogens is 464 g/mol. The zero-order valence-electron chi connectivity index (χ0n) is 21.4. The second-order valence-corrected chi connectivity index (χ2v) is 9.82. The third-order valence-electron chi connectivity index (χ3n) is 7.84. The fraction of sp³-hybridized carbons (Fsp3) is 0.630. The van der Waals surface area contributed by atoms with Crippen LogP contribution in [0.4, 0.5) is 0 Å². The van der Waals surface area contributed by atoms with E-state index in [2.05, 4.69) is 4.90 Å².